The molecule has 27 heavy (non-hydrogen) atoms. The summed E-state index contributed by atoms with van der Waals surface area (Å²) in [5.74, 6) is 0.0485. The number of fused-ring (bicyclic) bond motifs is 4. The second-order valence-corrected chi connectivity index (χ2v) is 7.31. The zero-order valence-electron chi connectivity index (χ0n) is 15.1. The van der Waals surface area contributed by atoms with Gasteiger partial charge in [0.1, 0.15) is 5.58 Å². The molecule has 0 radical (unpaired) electrons. The van der Waals surface area contributed by atoms with Crippen LogP contribution in [-0.2, 0) is 17.6 Å². The molecule has 0 fully saturated rings. The maximum Gasteiger partial charge on any atom is 0.225 e. The molecule has 1 heterocycles. The highest BCUT2D eigenvalue weighted by Gasteiger charge is 2.22. The summed E-state index contributed by atoms with van der Waals surface area (Å²) in [5.41, 5.74) is 4.40. The largest absolute Gasteiger partial charge is 0.464 e. The molecule has 3 heteroatoms. The van der Waals surface area contributed by atoms with E-state index in [1.54, 1.807) is 6.26 Å². The van der Waals surface area contributed by atoms with Gasteiger partial charge in [-0.3, -0.25) is 4.79 Å². The van der Waals surface area contributed by atoms with Gasteiger partial charge in [0.05, 0.1) is 18.7 Å². The minimum atomic E-state index is 0.0485. The van der Waals surface area contributed by atoms with Gasteiger partial charge in [0.25, 0.3) is 0 Å². The highest BCUT2D eigenvalue weighted by atomic mass is 16.3. The van der Waals surface area contributed by atoms with Gasteiger partial charge in [-0.05, 0) is 47.2 Å². The molecule has 4 aromatic rings. The van der Waals surface area contributed by atoms with E-state index in [4.69, 9.17) is 4.42 Å². The average molecular weight is 355 g/mol. The Balaban J connectivity index is 1.43. The van der Waals surface area contributed by atoms with Crippen LogP contribution < -0.4 is 5.32 Å². The second kappa shape index (κ2) is 6.58. The molecular formula is C24H21NO2. The van der Waals surface area contributed by atoms with Crippen LogP contribution in [-0.4, -0.2) is 5.91 Å². The number of hydrogen-bond acceptors (Lipinski definition) is 2. The second-order valence-electron chi connectivity index (χ2n) is 7.31. The zero-order chi connectivity index (χ0) is 18.2. The predicted molar refractivity (Wildman–Crippen MR) is 108 cm³/mol. The summed E-state index contributed by atoms with van der Waals surface area (Å²) >= 11 is 0. The molecule has 0 saturated carbocycles. The molecule has 3 nitrogen and oxygen atoms in total. The molecular weight excluding hydrogens is 334 g/mol. The van der Waals surface area contributed by atoms with Gasteiger partial charge in [0.2, 0.25) is 5.91 Å². The van der Waals surface area contributed by atoms with Crippen LogP contribution in [0.4, 0.5) is 0 Å². The standard InChI is InChI=1S/C24H21NO2/c26-23(25-21-11-5-8-16-6-1-3-9-19(16)21)14-18-15-27-22-13-12-17-7-2-4-10-20(17)24(18)22/h1-4,6-7,9-10,12-13,15,21H,5,8,11,14H2,(H,25,26)/t21-/m1/s1. The molecule has 1 N–H and O–H groups in total. The number of amides is 1. The van der Waals surface area contributed by atoms with Gasteiger partial charge in [-0.1, -0.05) is 54.6 Å². The van der Waals surface area contributed by atoms with Gasteiger partial charge < -0.3 is 9.73 Å². The van der Waals surface area contributed by atoms with Gasteiger partial charge in [0.15, 0.2) is 0 Å². The first kappa shape index (κ1) is 16.1. The fourth-order valence-corrected chi connectivity index (χ4v) is 4.33. The molecule has 0 spiro atoms. The Morgan fingerprint density at radius 1 is 1.04 bits per heavy atom. The smallest absolute Gasteiger partial charge is 0.225 e. The quantitative estimate of drug-likeness (QED) is 0.540. The van der Waals surface area contributed by atoms with E-state index in [2.05, 4.69) is 47.8 Å². The topological polar surface area (TPSA) is 42.2 Å². The molecule has 0 aliphatic heterocycles. The molecule has 0 unspecified atom stereocenters. The molecule has 1 aliphatic carbocycles. The van der Waals surface area contributed by atoms with Crippen molar-refractivity contribution in [1.29, 1.82) is 0 Å². The van der Waals surface area contributed by atoms with Gasteiger partial charge >= 0.3 is 0 Å². The van der Waals surface area contributed by atoms with Crippen LogP contribution in [0.5, 0.6) is 0 Å². The van der Waals surface area contributed by atoms with Gasteiger partial charge in [-0.25, -0.2) is 0 Å². The molecule has 1 atom stereocenters. The summed E-state index contributed by atoms with van der Waals surface area (Å²) in [6, 6.07) is 20.8. The van der Waals surface area contributed by atoms with E-state index in [1.807, 2.05) is 18.2 Å². The minimum Gasteiger partial charge on any atom is -0.464 e. The molecule has 1 aromatic heterocycles. The Hall–Kier alpha value is -3.07. The number of nitrogens with one attached hydrogen (secondary N) is 1. The first-order chi connectivity index (χ1) is 13.3. The lowest BCUT2D eigenvalue weighted by atomic mass is 9.87. The van der Waals surface area contributed by atoms with Crippen molar-refractivity contribution in [2.75, 3.05) is 0 Å². The normalized spacial score (nSPS) is 16.4. The van der Waals surface area contributed by atoms with Crippen molar-refractivity contribution in [3.05, 3.63) is 83.6 Å². The summed E-state index contributed by atoms with van der Waals surface area (Å²) in [7, 11) is 0. The summed E-state index contributed by atoms with van der Waals surface area (Å²) < 4.78 is 5.72. The van der Waals surface area contributed by atoms with E-state index < -0.39 is 0 Å². The van der Waals surface area contributed by atoms with Crippen LogP contribution in [0.2, 0.25) is 0 Å². The van der Waals surface area contributed by atoms with E-state index in [0.717, 1.165) is 46.6 Å². The first-order valence-corrected chi connectivity index (χ1v) is 9.54. The van der Waals surface area contributed by atoms with E-state index in [1.165, 1.54) is 11.1 Å². The van der Waals surface area contributed by atoms with E-state index in [0.29, 0.717) is 6.42 Å². The molecule has 1 aliphatic rings. The predicted octanol–water partition coefficient (Wildman–Crippen LogP) is 5.32. The number of carbonyl (C=O) groups is 1. The highest BCUT2D eigenvalue weighted by Crippen LogP contribution is 2.31. The lowest BCUT2D eigenvalue weighted by Gasteiger charge is -2.26. The van der Waals surface area contributed by atoms with Crippen LogP contribution in [0.3, 0.4) is 0 Å². The number of benzene rings is 3. The third-order valence-electron chi connectivity index (χ3n) is 5.60. The summed E-state index contributed by atoms with van der Waals surface area (Å²) in [6.07, 6.45) is 5.27. The van der Waals surface area contributed by atoms with Crippen molar-refractivity contribution < 1.29 is 9.21 Å². The van der Waals surface area contributed by atoms with Crippen molar-refractivity contribution in [3.63, 3.8) is 0 Å². The van der Waals surface area contributed by atoms with Crippen molar-refractivity contribution in [1.82, 2.24) is 5.32 Å². The molecule has 134 valence electrons. The number of furan rings is 1. The van der Waals surface area contributed by atoms with Gasteiger partial charge in [0, 0.05) is 10.9 Å². The Bertz CT molecular complexity index is 1140. The highest BCUT2D eigenvalue weighted by molar-refractivity contribution is 6.08. The molecule has 1 amide bonds. The van der Waals surface area contributed by atoms with Crippen molar-refractivity contribution in [3.8, 4) is 0 Å². The Morgan fingerprint density at radius 2 is 1.89 bits per heavy atom. The maximum absolute atomic E-state index is 12.8. The summed E-state index contributed by atoms with van der Waals surface area (Å²) in [4.78, 5) is 12.8. The lowest BCUT2D eigenvalue weighted by molar-refractivity contribution is -0.121. The fraction of sp³-hybridized carbons (Fsp3) is 0.208. The third-order valence-corrected chi connectivity index (χ3v) is 5.60. The minimum absolute atomic E-state index is 0.0485. The Labute approximate surface area is 158 Å². The summed E-state index contributed by atoms with van der Waals surface area (Å²) in [5, 5.41) is 6.59. The van der Waals surface area contributed by atoms with Crippen LogP contribution >= 0.6 is 0 Å². The van der Waals surface area contributed by atoms with Crippen LogP contribution in [0.15, 0.2) is 71.3 Å². The average Bonchev–Trinajstić information content (AvgIpc) is 3.11. The number of rotatable bonds is 3. The fourth-order valence-electron chi connectivity index (χ4n) is 4.33. The molecule has 0 saturated heterocycles. The van der Waals surface area contributed by atoms with Crippen LogP contribution in [0, 0.1) is 0 Å². The van der Waals surface area contributed by atoms with E-state index in [9.17, 15) is 4.79 Å². The van der Waals surface area contributed by atoms with Crippen molar-refractivity contribution in [2.24, 2.45) is 0 Å². The molecule has 0 bridgehead atoms. The third kappa shape index (κ3) is 2.89. The monoisotopic (exact) mass is 355 g/mol. The molecule has 5 rings (SSSR count). The maximum atomic E-state index is 12.8. The van der Waals surface area contributed by atoms with Crippen molar-refractivity contribution >= 4 is 27.6 Å². The van der Waals surface area contributed by atoms with Gasteiger partial charge in [-0.2, -0.15) is 0 Å². The van der Waals surface area contributed by atoms with Crippen LogP contribution in [0.1, 0.15) is 35.6 Å². The van der Waals surface area contributed by atoms with Gasteiger partial charge in [-0.15, -0.1) is 0 Å². The first-order valence-electron chi connectivity index (χ1n) is 9.54. The van der Waals surface area contributed by atoms with E-state index in [-0.39, 0.29) is 11.9 Å². The zero-order valence-corrected chi connectivity index (χ0v) is 15.1. The SMILES string of the molecule is O=C(Cc1coc2ccc3ccccc3c12)N[C@@H]1CCCc2ccccc21. The van der Waals surface area contributed by atoms with Crippen molar-refractivity contribution in [2.45, 2.75) is 31.7 Å². The lowest BCUT2D eigenvalue weighted by Crippen LogP contribution is -2.32. The number of aryl methyl sites for hydroxylation is 1. The number of hydrogen-bond donors (Lipinski definition) is 1. The Kier molecular flexibility index (Phi) is 3.93. The molecule has 3 aromatic carbocycles. The van der Waals surface area contributed by atoms with Crippen LogP contribution in [0.25, 0.3) is 21.7 Å². The summed E-state index contributed by atoms with van der Waals surface area (Å²) in [6.45, 7) is 0. The number of carbonyl (C=O) groups excluding carboxylic acids is 1. The van der Waals surface area contributed by atoms with E-state index >= 15 is 0 Å². The Morgan fingerprint density at radius 3 is 2.85 bits per heavy atom.